The molecule has 0 saturated heterocycles. The molecule has 1 aromatic heterocycles. The van der Waals surface area contributed by atoms with Crippen molar-refractivity contribution in [2.75, 3.05) is 23.7 Å². The topological polar surface area (TPSA) is 86.3 Å². The van der Waals surface area contributed by atoms with Crippen LogP contribution in [0, 0.1) is 11.3 Å². The maximum absolute atomic E-state index is 11.0. The van der Waals surface area contributed by atoms with Crippen molar-refractivity contribution in [3.05, 3.63) is 78.0 Å². The van der Waals surface area contributed by atoms with E-state index in [2.05, 4.69) is 77.3 Å². The third-order valence-electron chi connectivity index (χ3n) is 6.81. The number of fused-ring (bicyclic) bond motifs is 1. The number of nitrogens with zero attached hydrogens (tertiary/aromatic N) is 1. The van der Waals surface area contributed by atoms with E-state index in [-0.39, 0.29) is 23.9 Å². The van der Waals surface area contributed by atoms with Gasteiger partial charge in [-0.3, -0.25) is 4.79 Å². The number of aliphatic carboxylic acids is 1. The van der Waals surface area contributed by atoms with Crippen LogP contribution in [0.15, 0.2) is 72.5 Å². The van der Waals surface area contributed by atoms with E-state index in [9.17, 15) is 4.79 Å². The maximum atomic E-state index is 11.0. The van der Waals surface area contributed by atoms with Crippen LogP contribution in [0.1, 0.15) is 44.7 Å². The van der Waals surface area contributed by atoms with Gasteiger partial charge in [0.05, 0.1) is 17.8 Å². The van der Waals surface area contributed by atoms with Gasteiger partial charge in [-0.2, -0.15) is 0 Å². The van der Waals surface area contributed by atoms with E-state index in [0.29, 0.717) is 12.3 Å². The van der Waals surface area contributed by atoms with Crippen LogP contribution in [0.5, 0.6) is 0 Å². The summed E-state index contributed by atoms with van der Waals surface area (Å²) in [7, 11) is 0. The fraction of sp³-hybridized carbons (Fsp3) is 0.407. The second-order valence-electron chi connectivity index (χ2n) is 9.52. The zero-order chi connectivity index (χ0) is 23.3. The largest absolute Gasteiger partial charge is 0.481 e. The van der Waals surface area contributed by atoms with Gasteiger partial charge in [0.25, 0.3) is 0 Å². The van der Waals surface area contributed by atoms with Gasteiger partial charge in [0, 0.05) is 25.7 Å². The number of aromatic nitrogens is 1. The highest BCUT2D eigenvalue weighted by molar-refractivity contribution is 5.67. The summed E-state index contributed by atoms with van der Waals surface area (Å²) in [5, 5.41) is 20.0. The molecule has 0 saturated carbocycles. The molecule has 0 fully saturated rings. The lowest BCUT2D eigenvalue weighted by atomic mass is 9.77. The van der Waals surface area contributed by atoms with Crippen LogP contribution in [-0.4, -0.2) is 35.2 Å². The predicted octanol–water partition coefficient (Wildman–Crippen LogP) is 5.01. The van der Waals surface area contributed by atoms with Crippen LogP contribution < -0.4 is 16.0 Å². The Morgan fingerprint density at radius 3 is 2.82 bits per heavy atom. The predicted molar refractivity (Wildman–Crippen MR) is 133 cm³/mol. The summed E-state index contributed by atoms with van der Waals surface area (Å²) in [5.74, 6) is 0.508. The second kappa shape index (κ2) is 10.2. The van der Waals surface area contributed by atoms with Crippen LogP contribution in [0.25, 0.3) is 0 Å². The van der Waals surface area contributed by atoms with E-state index in [1.165, 1.54) is 11.1 Å². The Balaban J connectivity index is 1.41. The number of allylic oxidation sites excluding steroid dienone is 3. The van der Waals surface area contributed by atoms with Crippen LogP contribution in [0.2, 0.25) is 0 Å². The number of carbonyl (C=O) groups is 1. The summed E-state index contributed by atoms with van der Waals surface area (Å²) in [6.07, 6.45) is 10.2. The molecular weight excluding hydrogens is 412 g/mol. The van der Waals surface area contributed by atoms with Crippen LogP contribution in [0.3, 0.4) is 0 Å². The first-order valence-corrected chi connectivity index (χ1v) is 11.8. The summed E-state index contributed by atoms with van der Waals surface area (Å²) in [6, 6.07) is 14.8. The highest BCUT2D eigenvalue weighted by Crippen LogP contribution is 2.36. The molecule has 33 heavy (non-hydrogen) atoms. The summed E-state index contributed by atoms with van der Waals surface area (Å²) in [4.78, 5) is 15.5. The Kier molecular flexibility index (Phi) is 7.14. The molecule has 174 valence electrons. The average molecular weight is 447 g/mol. The van der Waals surface area contributed by atoms with Crippen molar-refractivity contribution in [3.8, 4) is 0 Å². The minimum absolute atomic E-state index is 0.0698. The minimum Gasteiger partial charge on any atom is -0.481 e. The molecule has 4 rings (SSSR count). The quantitative estimate of drug-likeness (QED) is 0.433. The summed E-state index contributed by atoms with van der Waals surface area (Å²) in [5.41, 5.74) is 3.53. The molecule has 2 aromatic rings. The van der Waals surface area contributed by atoms with Gasteiger partial charge in [-0.05, 0) is 47.4 Å². The van der Waals surface area contributed by atoms with Gasteiger partial charge in [-0.1, -0.05) is 62.4 Å². The molecule has 4 atom stereocenters. The normalized spacial score (nSPS) is 23.5. The van der Waals surface area contributed by atoms with Crippen molar-refractivity contribution in [2.45, 2.75) is 45.2 Å². The van der Waals surface area contributed by atoms with E-state index in [4.69, 9.17) is 5.11 Å². The van der Waals surface area contributed by atoms with Gasteiger partial charge >= 0.3 is 5.97 Å². The van der Waals surface area contributed by atoms with Crippen LogP contribution >= 0.6 is 0 Å². The van der Waals surface area contributed by atoms with Gasteiger partial charge in [0.15, 0.2) is 0 Å². The van der Waals surface area contributed by atoms with E-state index < -0.39 is 5.97 Å². The molecule has 0 bridgehead atoms. The van der Waals surface area contributed by atoms with E-state index in [1.807, 2.05) is 24.4 Å². The zero-order valence-corrected chi connectivity index (χ0v) is 19.4. The maximum Gasteiger partial charge on any atom is 0.303 e. The van der Waals surface area contributed by atoms with Crippen LogP contribution in [-0.2, 0) is 4.79 Å². The number of hydrogen-bond donors (Lipinski definition) is 4. The molecule has 1 unspecified atom stereocenters. The third-order valence-corrected chi connectivity index (χ3v) is 6.81. The lowest BCUT2D eigenvalue weighted by Gasteiger charge is -2.35. The molecule has 2 heterocycles. The SMILES string of the molecule is C[C@@H](CN[C@H](c1ccccc1)[C@H]1CNc2cccnc2N1)C1=CCC(C)(CCC(=O)O)C=C1. The van der Waals surface area contributed by atoms with Crippen molar-refractivity contribution in [1.29, 1.82) is 0 Å². The fourth-order valence-electron chi connectivity index (χ4n) is 4.61. The van der Waals surface area contributed by atoms with Crippen molar-refractivity contribution >= 4 is 17.5 Å². The second-order valence-corrected chi connectivity index (χ2v) is 9.52. The Morgan fingerprint density at radius 2 is 2.09 bits per heavy atom. The number of hydrogen-bond acceptors (Lipinski definition) is 5. The first-order chi connectivity index (χ1) is 15.9. The average Bonchev–Trinajstić information content (AvgIpc) is 2.84. The summed E-state index contributed by atoms with van der Waals surface area (Å²) >= 11 is 0. The Bertz CT molecular complexity index is 1020. The van der Waals surface area contributed by atoms with Crippen molar-refractivity contribution < 1.29 is 9.90 Å². The first kappa shape index (κ1) is 23.1. The molecule has 4 N–H and O–H groups in total. The Hall–Kier alpha value is -3.12. The summed E-state index contributed by atoms with van der Waals surface area (Å²) < 4.78 is 0. The van der Waals surface area contributed by atoms with Crippen molar-refractivity contribution in [1.82, 2.24) is 10.3 Å². The first-order valence-electron chi connectivity index (χ1n) is 11.8. The Morgan fingerprint density at radius 1 is 1.27 bits per heavy atom. The number of benzene rings is 1. The van der Waals surface area contributed by atoms with Gasteiger partial charge in [-0.25, -0.2) is 4.98 Å². The molecule has 6 nitrogen and oxygen atoms in total. The standard InChI is InChI=1S/C27H34N4O2/c1-19(20-10-13-27(2,14-11-20)15-12-24(32)33)17-30-25(21-7-4-3-5-8-21)23-18-29-22-9-6-16-28-26(22)31-23/h3-11,13,16,19,23,25,29-30H,12,14-15,17-18H2,1-2H3,(H,28,31)(H,32,33)/t19-,23+,25+,27?/m0/s1. The van der Waals surface area contributed by atoms with E-state index in [0.717, 1.165) is 31.0 Å². The highest BCUT2D eigenvalue weighted by Gasteiger charge is 2.29. The van der Waals surface area contributed by atoms with Gasteiger partial charge in [0.1, 0.15) is 5.82 Å². The number of rotatable bonds is 9. The molecule has 1 aromatic carbocycles. The zero-order valence-electron chi connectivity index (χ0n) is 19.4. The Labute approximate surface area is 196 Å². The fourth-order valence-corrected chi connectivity index (χ4v) is 4.61. The lowest BCUT2D eigenvalue weighted by molar-refractivity contribution is -0.137. The molecule has 1 aliphatic carbocycles. The summed E-state index contributed by atoms with van der Waals surface area (Å²) in [6.45, 7) is 6.04. The monoisotopic (exact) mass is 446 g/mol. The number of anilines is 2. The minimum atomic E-state index is -0.729. The number of carboxylic acids is 1. The highest BCUT2D eigenvalue weighted by atomic mass is 16.4. The molecule has 0 radical (unpaired) electrons. The molecule has 0 spiro atoms. The smallest absolute Gasteiger partial charge is 0.303 e. The molecule has 6 heteroatoms. The van der Waals surface area contributed by atoms with E-state index in [1.54, 1.807) is 0 Å². The number of carboxylic acid groups (broad SMARTS) is 1. The van der Waals surface area contributed by atoms with Crippen LogP contribution in [0.4, 0.5) is 11.5 Å². The number of pyridine rings is 1. The van der Waals surface area contributed by atoms with E-state index >= 15 is 0 Å². The van der Waals surface area contributed by atoms with Gasteiger partial charge in [-0.15, -0.1) is 0 Å². The molecule has 0 amide bonds. The third kappa shape index (κ3) is 5.82. The number of nitrogens with one attached hydrogen (secondary N) is 3. The lowest BCUT2D eigenvalue weighted by Crippen LogP contribution is -2.45. The molecular formula is C27H34N4O2. The molecule has 2 aliphatic rings. The van der Waals surface area contributed by atoms with Gasteiger partial charge < -0.3 is 21.1 Å². The van der Waals surface area contributed by atoms with Crippen molar-refractivity contribution in [3.63, 3.8) is 0 Å². The van der Waals surface area contributed by atoms with Gasteiger partial charge in [0.2, 0.25) is 0 Å². The molecule has 1 aliphatic heterocycles. The van der Waals surface area contributed by atoms with Crippen molar-refractivity contribution in [2.24, 2.45) is 11.3 Å².